The van der Waals surface area contributed by atoms with Gasteiger partial charge in [0.1, 0.15) is 0 Å². The number of nitrogens with zero attached hydrogens (tertiary/aromatic N) is 1. The van der Waals surface area contributed by atoms with Crippen LogP contribution in [0.4, 0.5) is 5.69 Å². The summed E-state index contributed by atoms with van der Waals surface area (Å²) < 4.78 is 0. The quantitative estimate of drug-likeness (QED) is 0.466. The summed E-state index contributed by atoms with van der Waals surface area (Å²) in [6.07, 6.45) is 5.94. The van der Waals surface area contributed by atoms with Crippen molar-refractivity contribution < 1.29 is 4.92 Å². The zero-order chi connectivity index (χ0) is 13.7. The number of nitro groups is 1. The molecule has 1 fully saturated rings. The summed E-state index contributed by atoms with van der Waals surface area (Å²) in [6, 6.07) is 7.00. The highest BCUT2D eigenvalue weighted by atomic mass is 16.6. The lowest BCUT2D eigenvalue weighted by Crippen LogP contribution is -2.40. The molecule has 0 saturated heterocycles. The molecule has 2 rings (SSSR count). The van der Waals surface area contributed by atoms with Gasteiger partial charge in [0, 0.05) is 18.2 Å². The van der Waals surface area contributed by atoms with Crippen molar-refractivity contribution in [2.45, 2.75) is 39.0 Å². The Labute approximate surface area is 114 Å². The SMILES string of the molecule is CCC1(CNCCc2ccccc2[N+](=O)[O-])CCC1. The number of nitrogens with one attached hydrogen (secondary N) is 1. The first-order valence-corrected chi connectivity index (χ1v) is 7.10. The molecule has 0 heterocycles. The Balaban J connectivity index is 1.81. The molecule has 104 valence electrons. The molecule has 4 heteroatoms. The topological polar surface area (TPSA) is 55.2 Å². The van der Waals surface area contributed by atoms with Gasteiger partial charge >= 0.3 is 0 Å². The third-order valence-corrected chi connectivity index (χ3v) is 4.42. The average Bonchev–Trinajstić information content (AvgIpc) is 2.37. The van der Waals surface area contributed by atoms with Gasteiger partial charge in [0.2, 0.25) is 0 Å². The number of benzene rings is 1. The Hall–Kier alpha value is -1.42. The predicted molar refractivity (Wildman–Crippen MR) is 76.2 cm³/mol. The summed E-state index contributed by atoms with van der Waals surface area (Å²) in [7, 11) is 0. The van der Waals surface area contributed by atoms with Gasteiger partial charge in [-0.1, -0.05) is 31.5 Å². The number of rotatable bonds is 7. The minimum Gasteiger partial charge on any atom is -0.316 e. The molecule has 0 spiro atoms. The molecule has 1 N–H and O–H groups in total. The summed E-state index contributed by atoms with van der Waals surface area (Å²) in [5, 5.41) is 14.4. The van der Waals surface area contributed by atoms with Crippen LogP contribution in [0.15, 0.2) is 24.3 Å². The molecule has 0 amide bonds. The number of nitro benzene ring substituents is 1. The molecule has 1 aliphatic carbocycles. The molecule has 1 aliphatic rings. The van der Waals surface area contributed by atoms with Crippen molar-refractivity contribution in [3.05, 3.63) is 39.9 Å². The summed E-state index contributed by atoms with van der Waals surface area (Å²) in [6.45, 7) is 4.11. The first-order valence-electron chi connectivity index (χ1n) is 7.10. The van der Waals surface area contributed by atoms with Crippen LogP contribution in [0.2, 0.25) is 0 Å². The molecule has 0 unspecified atom stereocenters. The van der Waals surface area contributed by atoms with Gasteiger partial charge in [-0.3, -0.25) is 10.1 Å². The Kier molecular flexibility index (Phi) is 4.53. The van der Waals surface area contributed by atoms with Gasteiger partial charge in [-0.15, -0.1) is 0 Å². The van der Waals surface area contributed by atoms with E-state index in [1.54, 1.807) is 12.1 Å². The second-order valence-corrected chi connectivity index (χ2v) is 5.52. The van der Waals surface area contributed by atoms with E-state index in [1.807, 2.05) is 12.1 Å². The molecule has 0 aromatic heterocycles. The molecule has 19 heavy (non-hydrogen) atoms. The minimum atomic E-state index is -0.297. The lowest BCUT2D eigenvalue weighted by molar-refractivity contribution is -0.385. The van der Waals surface area contributed by atoms with Crippen molar-refractivity contribution in [3.63, 3.8) is 0 Å². The van der Waals surface area contributed by atoms with E-state index in [4.69, 9.17) is 0 Å². The van der Waals surface area contributed by atoms with Crippen LogP contribution in [-0.4, -0.2) is 18.0 Å². The van der Waals surface area contributed by atoms with E-state index in [0.29, 0.717) is 5.41 Å². The first kappa shape index (κ1) is 14.0. The van der Waals surface area contributed by atoms with E-state index in [2.05, 4.69) is 12.2 Å². The van der Waals surface area contributed by atoms with Crippen molar-refractivity contribution in [2.24, 2.45) is 5.41 Å². The first-order chi connectivity index (χ1) is 9.17. The molecular formula is C15H22N2O2. The van der Waals surface area contributed by atoms with Crippen LogP contribution in [0, 0.1) is 15.5 Å². The number of hydrogen-bond donors (Lipinski definition) is 1. The van der Waals surface area contributed by atoms with E-state index in [9.17, 15) is 10.1 Å². The van der Waals surface area contributed by atoms with Gasteiger partial charge in [0.15, 0.2) is 0 Å². The highest BCUT2D eigenvalue weighted by Crippen LogP contribution is 2.42. The van der Waals surface area contributed by atoms with Crippen LogP contribution in [0.5, 0.6) is 0 Å². The van der Waals surface area contributed by atoms with E-state index >= 15 is 0 Å². The second-order valence-electron chi connectivity index (χ2n) is 5.52. The zero-order valence-corrected chi connectivity index (χ0v) is 11.5. The van der Waals surface area contributed by atoms with Crippen LogP contribution in [-0.2, 0) is 6.42 Å². The fourth-order valence-corrected chi connectivity index (χ4v) is 2.81. The van der Waals surface area contributed by atoms with Crippen molar-refractivity contribution >= 4 is 5.69 Å². The fourth-order valence-electron chi connectivity index (χ4n) is 2.81. The largest absolute Gasteiger partial charge is 0.316 e. The third-order valence-electron chi connectivity index (χ3n) is 4.42. The Morgan fingerprint density at radius 1 is 1.37 bits per heavy atom. The smallest absolute Gasteiger partial charge is 0.272 e. The molecule has 1 aromatic rings. The van der Waals surface area contributed by atoms with Crippen molar-refractivity contribution in [1.82, 2.24) is 5.32 Å². The van der Waals surface area contributed by atoms with Gasteiger partial charge < -0.3 is 5.32 Å². The Morgan fingerprint density at radius 3 is 2.68 bits per heavy atom. The average molecular weight is 262 g/mol. The number of para-hydroxylation sites is 1. The predicted octanol–water partition coefficient (Wildman–Crippen LogP) is 3.31. The molecule has 0 atom stereocenters. The van der Waals surface area contributed by atoms with Gasteiger partial charge in [0.05, 0.1) is 4.92 Å². The Morgan fingerprint density at radius 2 is 2.11 bits per heavy atom. The van der Waals surface area contributed by atoms with Crippen LogP contribution in [0.3, 0.4) is 0 Å². The molecular weight excluding hydrogens is 240 g/mol. The van der Waals surface area contributed by atoms with Gasteiger partial charge in [0.25, 0.3) is 5.69 Å². The molecule has 1 saturated carbocycles. The summed E-state index contributed by atoms with van der Waals surface area (Å²) >= 11 is 0. The minimum absolute atomic E-state index is 0.234. The van der Waals surface area contributed by atoms with E-state index in [0.717, 1.165) is 25.1 Å². The molecule has 0 radical (unpaired) electrons. The van der Waals surface area contributed by atoms with Gasteiger partial charge in [-0.2, -0.15) is 0 Å². The maximum atomic E-state index is 10.9. The highest BCUT2D eigenvalue weighted by Gasteiger charge is 2.34. The molecule has 0 bridgehead atoms. The second kappa shape index (κ2) is 6.15. The van der Waals surface area contributed by atoms with E-state index < -0.39 is 0 Å². The maximum absolute atomic E-state index is 10.9. The van der Waals surface area contributed by atoms with Crippen molar-refractivity contribution in [3.8, 4) is 0 Å². The standard InChI is InChI=1S/C15H22N2O2/c1-2-15(9-5-10-15)12-16-11-8-13-6-3-4-7-14(13)17(18)19/h3-4,6-7,16H,2,5,8-12H2,1H3. The van der Waals surface area contributed by atoms with Crippen LogP contribution >= 0.6 is 0 Å². The van der Waals surface area contributed by atoms with Crippen LogP contribution in [0.25, 0.3) is 0 Å². The van der Waals surface area contributed by atoms with Crippen molar-refractivity contribution in [1.29, 1.82) is 0 Å². The van der Waals surface area contributed by atoms with E-state index in [1.165, 1.54) is 25.7 Å². The monoisotopic (exact) mass is 262 g/mol. The summed E-state index contributed by atoms with van der Waals surface area (Å²) in [5.41, 5.74) is 1.56. The lowest BCUT2D eigenvalue weighted by atomic mass is 9.67. The summed E-state index contributed by atoms with van der Waals surface area (Å²) in [5.74, 6) is 0. The van der Waals surface area contributed by atoms with Crippen molar-refractivity contribution in [2.75, 3.05) is 13.1 Å². The van der Waals surface area contributed by atoms with Gasteiger partial charge in [-0.25, -0.2) is 0 Å². The molecule has 0 aliphatic heterocycles. The molecule has 1 aromatic carbocycles. The van der Waals surface area contributed by atoms with Gasteiger partial charge in [-0.05, 0) is 37.6 Å². The third kappa shape index (κ3) is 3.32. The van der Waals surface area contributed by atoms with E-state index in [-0.39, 0.29) is 10.6 Å². The highest BCUT2D eigenvalue weighted by molar-refractivity contribution is 5.39. The maximum Gasteiger partial charge on any atom is 0.272 e. The normalized spacial score (nSPS) is 16.9. The number of hydrogen-bond acceptors (Lipinski definition) is 3. The Bertz CT molecular complexity index is 436. The van der Waals surface area contributed by atoms with Crippen LogP contribution in [0.1, 0.15) is 38.2 Å². The lowest BCUT2D eigenvalue weighted by Gasteiger charge is -2.41. The fraction of sp³-hybridized carbons (Fsp3) is 0.600. The van der Waals surface area contributed by atoms with Crippen LogP contribution < -0.4 is 5.32 Å². The summed E-state index contributed by atoms with van der Waals surface area (Å²) in [4.78, 5) is 10.6. The zero-order valence-electron chi connectivity index (χ0n) is 11.5. The molecule has 4 nitrogen and oxygen atoms in total.